The minimum absolute atomic E-state index is 0.0241. The number of aryl methyl sites for hydroxylation is 1. The highest BCUT2D eigenvalue weighted by Crippen LogP contribution is 2.19. The molecule has 17 heavy (non-hydrogen) atoms. The third-order valence-electron chi connectivity index (χ3n) is 2.63. The first kappa shape index (κ1) is 13.9. The van der Waals surface area contributed by atoms with Gasteiger partial charge in [-0.15, -0.1) is 0 Å². The van der Waals surface area contributed by atoms with E-state index in [-0.39, 0.29) is 4.99 Å². The van der Waals surface area contributed by atoms with Crippen LogP contribution < -0.4 is 10.0 Å². The first-order chi connectivity index (χ1) is 7.76. The zero-order valence-electron chi connectivity index (χ0n) is 10.0. The van der Waals surface area contributed by atoms with Crippen LogP contribution in [0.1, 0.15) is 12.5 Å². The molecule has 0 aromatic heterocycles. The van der Waals surface area contributed by atoms with Crippen molar-refractivity contribution < 1.29 is 8.42 Å². The minimum Gasteiger partial charge on any atom is -0.392 e. The molecule has 0 aliphatic rings. The quantitative estimate of drug-likeness (QED) is 0.842. The van der Waals surface area contributed by atoms with Gasteiger partial charge in [-0.25, -0.2) is 8.42 Å². The van der Waals surface area contributed by atoms with E-state index < -0.39 is 15.3 Å². The van der Waals surface area contributed by atoms with E-state index in [0.29, 0.717) is 5.69 Å². The van der Waals surface area contributed by atoms with Crippen molar-refractivity contribution in [3.63, 3.8) is 0 Å². The molecule has 94 valence electrons. The molecule has 1 unspecified atom stereocenters. The molecule has 0 aliphatic heterocycles. The van der Waals surface area contributed by atoms with Crippen molar-refractivity contribution in [2.75, 3.05) is 11.4 Å². The summed E-state index contributed by atoms with van der Waals surface area (Å²) in [5.41, 5.74) is 7.05. The normalized spacial score (nSPS) is 13.1. The highest BCUT2D eigenvalue weighted by molar-refractivity contribution is 7.95. The zero-order valence-corrected chi connectivity index (χ0v) is 11.7. The predicted octanol–water partition coefficient (Wildman–Crippen LogP) is 1.44. The Hall–Kier alpha value is -1.14. The third kappa shape index (κ3) is 2.95. The molecule has 0 bridgehead atoms. The van der Waals surface area contributed by atoms with Gasteiger partial charge in [-0.3, -0.25) is 4.31 Å². The van der Waals surface area contributed by atoms with Gasteiger partial charge in [0.15, 0.2) is 0 Å². The second-order valence-corrected chi connectivity index (χ2v) is 6.65. The van der Waals surface area contributed by atoms with Crippen LogP contribution >= 0.6 is 12.2 Å². The lowest BCUT2D eigenvalue weighted by Gasteiger charge is -2.23. The fraction of sp³-hybridized carbons (Fsp3) is 0.364. The van der Waals surface area contributed by atoms with E-state index in [1.807, 2.05) is 19.1 Å². The summed E-state index contributed by atoms with van der Waals surface area (Å²) in [7, 11) is -2.04. The van der Waals surface area contributed by atoms with Gasteiger partial charge in [-0.05, 0) is 26.0 Å². The highest BCUT2D eigenvalue weighted by atomic mass is 32.2. The number of anilines is 1. The Morgan fingerprint density at radius 1 is 1.35 bits per heavy atom. The van der Waals surface area contributed by atoms with Crippen molar-refractivity contribution >= 4 is 32.9 Å². The molecule has 0 fully saturated rings. The van der Waals surface area contributed by atoms with Gasteiger partial charge in [0.05, 0.1) is 10.7 Å². The minimum atomic E-state index is -3.54. The van der Waals surface area contributed by atoms with E-state index in [4.69, 9.17) is 18.0 Å². The Bertz CT molecular complexity index is 509. The van der Waals surface area contributed by atoms with Gasteiger partial charge < -0.3 is 5.73 Å². The number of hydrogen-bond acceptors (Lipinski definition) is 3. The van der Waals surface area contributed by atoms with Gasteiger partial charge in [0.25, 0.3) is 0 Å². The van der Waals surface area contributed by atoms with E-state index in [9.17, 15) is 8.42 Å². The molecular formula is C11H16N2O2S2. The van der Waals surface area contributed by atoms with E-state index >= 15 is 0 Å². The topological polar surface area (TPSA) is 63.4 Å². The number of nitrogens with zero attached hydrogens (tertiary/aromatic N) is 1. The molecule has 1 aromatic carbocycles. The lowest BCUT2D eigenvalue weighted by molar-refractivity contribution is 0.591. The van der Waals surface area contributed by atoms with Crippen molar-refractivity contribution in [2.45, 2.75) is 19.1 Å². The van der Waals surface area contributed by atoms with Crippen LogP contribution in [0.4, 0.5) is 5.69 Å². The molecule has 0 saturated carbocycles. The van der Waals surface area contributed by atoms with Crippen molar-refractivity contribution in [3.05, 3.63) is 29.8 Å². The molecule has 2 N–H and O–H groups in total. The molecule has 4 nitrogen and oxygen atoms in total. The van der Waals surface area contributed by atoms with Crippen molar-refractivity contribution in [1.29, 1.82) is 0 Å². The number of rotatable bonds is 4. The van der Waals surface area contributed by atoms with Crippen LogP contribution in [0.25, 0.3) is 0 Å². The lowest BCUT2D eigenvalue weighted by Crippen LogP contribution is -2.41. The molecule has 0 aliphatic carbocycles. The lowest BCUT2D eigenvalue weighted by atomic mass is 10.2. The first-order valence-electron chi connectivity index (χ1n) is 5.10. The summed E-state index contributed by atoms with van der Waals surface area (Å²) < 4.78 is 25.4. The van der Waals surface area contributed by atoms with Gasteiger partial charge in [-0.1, -0.05) is 29.9 Å². The molecule has 1 atom stereocenters. The van der Waals surface area contributed by atoms with Crippen LogP contribution in [0, 0.1) is 6.92 Å². The molecule has 0 radical (unpaired) electrons. The predicted molar refractivity (Wildman–Crippen MR) is 74.7 cm³/mol. The van der Waals surface area contributed by atoms with Gasteiger partial charge in [-0.2, -0.15) is 0 Å². The molecule has 6 heteroatoms. The number of hydrogen-bond donors (Lipinski definition) is 1. The maximum atomic E-state index is 12.1. The summed E-state index contributed by atoms with van der Waals surface area (Å²) in [4.78, 5) is -0.0241. The fourth-order valence-corrected chi connectivity index (χ4v) is 2.83. The van der Waals surface area contributed by atoms with E-state index in [2.05, 4.69) is 0 Å². The molecular weight excluding hydrogens is 256 g/mol. The van der Waals surface area contributed by atoms with Gasteiger partial charge in [0.1, 0.15) is 5.25 Å². The Kier molecular flexibility index (Phi) is 4.11. The van der Waals surface area contributed by atoms with E-state index in [0.717, 1.165) is 5.56 Å². The van der Waals surface area contributed by atoms with Crippen molar-refractivity contribution in [3.8, 4) is 0 Å². The largest absolute Gasteiger partial charge is 0.392 e. The molecule has 0 amide bonds. The SMILES string of the molecule is Cc1ccc(N(C)S(=O)(=O)C(C)C(N)=S)cc1. The number of benzene rings is 1. The average Bonchev–Trinajstić information content (AvgIpc) is 2.27. The van der Waals surface area contributed by atoms with Crippen LogP contribution in [-0.4, -0.2) is 25.7 Å². The average molecular weight is 272 g/mol. The summed E-state index contributed by atoms with van der Waals surface area (Å²) in [5, 5.41) is -0.871. The number of thiocarbonyl (C=S) groups is 1. The zero-order chi connectivity index (χ0) is 13.2. The van der Waals surface area contributed by atoms with Gasteiger partial charge in [0, 0.05) is 7.05 Å². The molecule has 1 aromatic rings. The Balaban J connectivity index is 3.08. The second-order valence-electron chi connectivity index (χ2n) is 3.89. The maximum Gasteiger partial charge on any atom is 0.244 e. The number of nitrogens with two attached hydrogens (primary N) is 1. The summed E-state index contributed by atoms with van der Waals surface area (Å²) in [6.45, 7) is 3.43. The Labute approximate surface area is 107 Å². The van der Waals surface area contributed by atoms with Crippen molar-refractivity contribution in [2.24, 2.45) is 5.73 Å². The Morgan fingerprint density at radius 3 is 2.24 bits per heavy atom. The molecule has 1 rings (SSSR count). The van der Waals surface area contributed by atoms with Crippen LogP contribution in [0.3, 0.4) is 0 Å². The highest BCUT2D eigenvalue weighted by Gasteiger charge is 2.28. The van der Waals surface area contributed by atoms with E-state index in [1.165, 1.54) is 18.3 Å². The second kappa shape index (κ2) is 5.01. The first-order valence-corrected chi connectivity index (χ1v) is 7.01. The smallest absolute Gasteiger partial charge is 0.244 e. The summed E-state index contributed by atoms with van der Waals surface area (Å²) >= 11 is 4.73. The van der Waals surface area contributed by atoms with Gasteiger partial charge >= 0.3 is 0 Å². The molecule has 0 saturated heterocycles. The van der Waals surface area contributed by atoms with Crippen LogP contribution in [0.15, 0.2) is 24.3 Å². The third-order valence-corrected chi connectivity index (χ3v) is 5.25. The number of sulfonamides is 1. The van der Waals surface area contributed by atoms with E-state index in [1.54, 1.807) is 12.1 Å². The molecule has 0 spiro atoms. The monoisotopic (exact) mass is 272 g/mol. The fourth-order valence-electron chi connectivity index (χ4n) is 1.29. The summed E-state index contributed by atoms with van der Waals surface area (Å²) in [6, 6.07) is 7.21. The summed E-state index contributed by atoms with van der Waals surface area (Å²) in [6.07, 6.45) is 0. The van der Waals surface area contributed by atoms with Crippen LogP contribution in [-0.2, 0) is 10.0 Å². The maximum absolute atomic E-state index is 12.1. The molecule has 0 heterocycles. The van der Waals surface area contributed by atoms with Crippen LogP contribution in [0.2, 0.25) is 0 Å². The summed E-state index contributed by atoms with van der Waals surface area (Å²) in [5.74, 6) is 0. The Morgan fingerprint density at radius 2 is 1.82 bits per heavy atom. The standard InChI is InChI=1S/C11H16N2O2S2/c1-8-4-6-10(7-5-8)13(3)17(14,15)9(2)11(12)16/h4-7,9H,1-3H3,(H2,12,16). The van der Waals surface area contributed by atoms with Crippen molar-refractivity contribution in [1.82, 2.24) is 0 Å². The van der Waals surface area contributed by atoms with Gasteiger partial charge in [0.2, 0.25) is 10.0 Å². The van der Waals surface area contributed by atoms with Crippen LogP contribution in [0.5, 0.6) is 0 Å².